The summed E-state index contributed by atoms with van der Waals surface area (Å²) in [5.74, 6) is -0.615. The second kappa shape index (κ2) is 18.5. The van der Waals surface area contributed by atoms with E-state index in [1.54, 1.807) is 0 Å². The number of esters is 1. The summed E-state index contributed by atoms with van der Waals surface area (Å²) < 4.78 is 19.1. The van der Waals surface area contributed by atoms with Gasteiger partial charge in [0.15, 0.2) is 0 Å². The maximum absolute atomic E-state index is 14.1. The third-order valence-corrected chi connectivity index (χ3v) is 10.9. The molecule has 4 aromatic rings. The molecule has 0 radical (unpaired) electrons. The monoisotopic (exact) mass is 782 g/mol. The van der Waals surface area contributed by atoms with Gasteiger partial charge in [-0.1, -0.05) is 58.0 Å². The quantitative estimate of drug-likeness (QED) is 0.131. The molecule has 3 N–H and O–H groups in total. The number of hydrogen-bond donors (Lipinski definition) is 3. The molecule has 306 valence electrons. The van der Waals surface area contributed by atoms with Crippen LogP contribution in [-0.4, -0.2) is 95.8 Å². The van der Waals surface area contributed by atoms with E-state index >= 15 is 0 Å². The van der Waals surface area contributed by atoms with E-state index in [0.717, 1.165) is 45.6 Å². The Balaban J connectivity index is 1.28. The number of anilines is 1. The molecular weight excluding hydrogens is 725 g/mol. The minimum atomic E-state index is -0.993. The number of aryl methyl sites for hydroxylation is 1. The average molecular weight is 783 g/mol. The van der Waals surface area contributed by atoms with E-state index in [1.807, 2.05) is 42.6 Å². The summed E-state index contributed by atoms with van der Waals surface area (Å²) in [6.07, 6.45) is 2.70. The van der Waals surface area contributed by atoms with Gasteiger partial charge in [0.25, 0.3) is 5.91 Å². The fraction of sp³-hybridized carbons (Fsp3) is 0.500. The molecule has 2 saturated heterocycles. The summed E-state index contributed by atoms with van der Waals surface area (Å²) in [7, 11) is 1.32. The smallest absolute Gasteiger partial charge is 0.408 e. The van der Waals surface area contributed by atoms with E-state index in [-0.39, 0.29) is 36.9 Å². The lowest BCUT2D eigenvalue weighted by atomic mass is 9.84. The molecule has 13 heteroatoms. The molecular formula is C44H58N6O7. The van der Waals surface area contributed by atoms with Crippen LogP contribution in [0.1, 0.15) is 76.6 Å². The molecule has 0 aliphatic carbocycles. The number of carbonyl (C=O) groups is 3. The Morgan fingerprint density at radius 3 is 2.60 bits per heavy atom. The molecule has 13 nitrogen and oxygen atoms in total. The third-order valence-electron chi connectivity index (χ3n) is 10.9. The molecule has 57 heavy (non-hydrogen) atoms. The van der Waals surface area contributed by atoms with Crippen molar-refractivity contribution in [1.29, 1.82) is 0 Å². The summed E-state index contributed by atoms with van der Waals surface area (Å²) in [6, 6.07) is 18.4. The number of morpholine rings is 1. The second-order valence-corrected chi connectivity index (χ2v) is 16.1. The Hall–Kier alpha value is -4.98. The van der Waals surface area contributed by atoms with Gasteiger partial charge in [-0.05, 0) is 79.0 Å². The molecule has 0 unspecified atom stereocenters. The fourth-order valence-electron chi connectivity index (χ4n) is 7.97. The molecule has 6 rings (SSSR count). The number of alkyl carbamates (subject to hydrolysis) is 1. The van der Waals surface area contributed by atoms with E-state index in [0.29, 0.717) is 45.5 Å². The lowest BCUT2D eigenvalue weighted by molar-refractivity contribution is -0.150. The van der Waals surface area contributed by atoms with Crippen LogP contribution in [0.25, 0.3) is 22.2 Å². The Kier molecular flexibility index (Phi) is 13.5. The fourth-order valence-corrected chi connectivity index (χ4v) is 7.97. The van der Waals surface area contributed by atoms with Crippen LogP contribution in [0, 0.1) is 5.41 Å². The van der Waals surface area contributed by atoms with Gasteiger partial charge in [-0.15, -0.1) is 0 Å². The van der Waals surface area contributed by atoms with E-state index < -0.39 is 30.3 Å². The van der Waals surface area contributed by atoms with Gasteiger partial charge in [-0.3, -0.25) is 19.6 Å². The number of hydrazine groups is 1. The number of methoxy groups -OCH3 is 1. The van der Waals surface area contributed by atoms with E-state index in [2.05, 4.69) is 79.1 Å². The van der Waals surface area contributed by atoms with Gasteiger partial charge in [-0.2, -0.15) is 0 Å². The molecule has 2 aliphatic rings. The lowest BCUT2D eigenvalue weighted by Crippen LogP contribution is -2.60. The lowest BCUT2D eigenvalue weighted by Gasteiger charge is -2.38. The van der Waals surface area contributed by atoms with Crippen molar-refractivity contribution in [3.63, 3.8) is 0 Å². The maximum Gasteiger partial charge on any atom is 0.408 e. The summed E-state index contributed by atoms with van der Waals surface area (Å²) >= 11 is 0. The van der Waals surface area contributed by atoms with Crippen molar-refractivity contribution in [3.8, 4) is 11.3 Å². The highest BCUT2D eigenvalue weighted by Crippen LogP contribution is 2.41. The molecule has 0 bridgehead atoms. The van der Waals surface area contributed by atoms with Crippen LogP contribution in [-0.2, 0) is 43.4 Å². The number of pyridine rings is 1. The first-order valence-electron chi connectivity index (χ1n) is 20.1. The summed E-state index contributed by atoms with van der Waals surface area (Å²) in [5, 5.41) is 15.8. The SMILES string of the molecule is CCn1c(-c2cccnc2C(C)C)c(CC(C)(C)CO)c2cc(N3CCO[C@@H](C[C@H](NC(=O)OCc4ccccc4)C(=O)N4CCC[C@@H](C(=O)OC)N4)C3)ccc21. The number of aromatic nitrogens is 2. The molecule has 2 aliphatic heterocycles. The minimum absolute atomic E-state index is 0.0458. The van der Waals surface area contributed by atoms with E-state index in [9.17, 15) is 19.5 Å². The summed E-state index contributed by atoms with van der Waals surface area (Å²) in [5.41, 5.74) is 10.1. The van der Waals surface area contributed by atoms with Crippen LogP contribution in [0.2, 0.25) is 0 Å². The highest BCUT2D eigenvalue weighted by molar-refractivity contribution is 5.94. The Morgan fingerprint density at radius 2 is 1.88 bits per heavy atom. The van der Waals surface area contributed by atoms with Crippen molar-refractivity contribution in [2.75, 3.05) is 44.9 Å². The van der Waals surface area contributed by atoms with Crippen LogP contribution in [0.15, 0.2) is 66.9 Å². The Bertz CT molecular complexity index is 2010. The van der Waals surface area contributed by atoms with Gasteiger partial charge in [-0.25, -0.2) is 10.2 Å². The predicted octanol–water partition coefficient (Wildman–Crippen LogP) is 5.97. The first kappa shape index (κ1) is 41.6. The Labute approximate surface area is 335 Å². The number of aliphatic hydroxyl groups excluding tert-OH is 1. The van der Waals surface area contributed by atoms with Crippen LogP contribution in [0.4, 0.5) is 10.5 Å². The van der Waals surface area contributed by atoms with Gasteiger partial charge in [0, 0.05) is 67.6 Å². The van der Waals surface area contributed by atoms with Crippen LogP contribution in [0.5, 0.6) is 0 Å². The van der Waals surface area contributed by atoms with Crippen LogP contribution in [0.3, 0.4) is 0 Å². The summed E-state index contributed by atoms with van der Waals surface area (Å²) in [4.78, 5) is 46.7. The highest BCUT2D eigenvalue weighted by atomic mass is 16.5. The topological polar surface area (TPSA) is 147 Å². The molecule has 2 fully saturated rings. The zero-order chi connectivity index (χ0) is 40.7. The van der Waals surface area contributed by atoms with Crippen molar-refractivity contribution < 1.29 is 33.7 Å². The number of aliphatic hydroxyl groups is 1. The number of rotatable bonds is 14. The molecule has 4 heterocycles. The zero-order valence-electron chi connectivity index (χ0n) is 34.1. The normalized spacial score (nSPS) is 18.1. The van der Waals surface area contributed by atoms with Crippen LogP contribution >= 0.6 is 0 Å². The highest BCUT2D eigenvalue weighted by Gasteiger charge is 2.36. The maximum atomic E-state index is 14.1. The number of amides is 2. The zero-order valence-corrected chi connectivity index (χ0v) is 34.1. The number of hydrogen-bond acceptors (Lipinski definition) is 10. The largest absolute Gasteiger partial charge is 0.468 e. The molecule has 0 spiro atoms. The molecule has 2 aromatic carbocycles. The standard InChI is InChI=1S/C44H58N6O7/c1-7-49-38-18-17-31(23-34(38)35(25-44(4,5)28-51)40(49)33-15-11-19-45-39(33)29(2)3)48-21-22-56-32(26-48)24-37(46-43(54)57-27-30-13-9-8-10-14-30)41(52)50-20-12-16-36(47-50)42(53)55-6/h8-11,13-15,17-19,23,29,32,36-37,47,51H,7,12,16,20-22,24-28H2,1-6H3,(H,46,54)/t32-,36-,37-/m0/s1. The van der Waals surface area contributed by atoms with E-state index in [4.69, 9.17) is 19.2 Å². The average Bonchev–Trinajstić information content (AvgIpc) is 3.53. The first-order chi connectivity index (χ1) is 27.4. The number of nitrogens with zero attached hydrogens (tertiary/aromatic N) is 4. The molecule has 2 aromatic heterocycles. The van der Waals surface area contributed by atoms with Gasteiger partial charge in [0.2, 0.25) is 0 Å². The molecule has 2 amide bonds. The molecule has 0 saturated carbocycles. The van der Waals surface area contributed by atoms with Crippen molar-refractivity contribution in [2.45, 2.75) is 97.6 Å². The van der Waals surface area contributed by atoms with Gasteiger partial charge >= 0.3 is 12.1 Å². The van der Waals surface area contributed by atoms with Crippen molar-refractivity contribution >= 4 is 34.6 Å². The predicted molar refractivity (Wildman–Crippen MR) is 220 cm³/mol. The Morgan fingerprint density at radius 1 is 1.09 bits per heavy atom. The van der Waals surface area contributed by atoms with Gasteiger partial charge < -0.3 is 34.1 Å². The first-order valence-corrected chi connectivity index (χ1v) is 20.1. The van der Waals surface area contributed by atoms with Crippen molar-refractivity contribution in [1.82, 2.24) is 25.3 Å². The second-order valence-electron chi connectivity index (χ2n) is 16.1. The number of ether oxygens (including phenoxy) is 3. The van der Waals surface area contributed by atoms with Crippen LogP contribution < -0.4 is 15.6 Å². The number of nitrogens with one attached hydrogen (secondary N) is 2. The van der Waals surface area contributed by atoms with E-state index in [1.165, 1.54) is 17.7 Å². The number of fused-ring (bicyclic) bond motifs is 1. The third kappa shape index (κ3) is 9.77. The number of carbonyl (C=O) groups excluding carboxylic acids is 3. The van der Waals surface area contributed by atoms with Crippen molar-refractivity contribution in [3.05, 3.63) is 83.7 Å². The van der Waals surface area contributed by atoms with Gasteiger partial charge in [0.1, 0.15) is 18.7 Å². The van der Waals surface area contributed by atoms with Crippen molar-refractivity contribution in [2.24, 2.45) is 5.41 Å². The molecule has 3 atom stereocenters. The summed E-state index contributed by atoms with van der Waals surface area (Å²) in [6.45, 7) is 13.4. The van der Waals surface area contributed by atoms with Gasteiger partial charge in [0.05, 0.1) is 31.2 Å². The minimum Gasteiger partial charge on any atom is -0.468 e. The number of benzene rings is 2.